The van der Waals surface area contributed by atoms with Crippen molar-refractivity contribution in [3.05, 3.63) is 35.9 Å². The fraction of sp³-hybridized carbons (Fsp3) is 0.619. The standard InChI is InChI=1S/C21H30N2O4/c1-21(2,3)27-20(25)23-14-16-10-11-17(18(23)19(24)26-4)22(13-16)12-15-8-6-5-7-9-15/h5-9,16-18H,10-14H2,1-4H3/t16-,17-,18+/m0/s1. The molecule has 4 rings (SSSR count). The van der Waals surface area contributed by atoms with Crippen LogP contribution >= 0.6 is 0 Å². The van der Waals surface area contributed by atoms with Crippen LogP contribution in [0.25, 0.3) is 0 Å². The van der Waals surface area contributed by atoms with E-state index in [4.69, 9.17) is 9.47 Å². The normalized spacial score (nSPS) is 25.8. The molecular formula is C21H30N2O4. The zero-order valence-corrected chi connectivity index (χ0v) is 16.7. The van der Waals surface area contributed by atoms with E-state index >= 15 is 0 Å². The topological polar surface area (TPSA) is 59.1 Å². The summed E-state index contributed by atoms with van der Waals surface area (Å²) in [5.41, 5.74) is 0.602. The minimum Gasteiger partial charge on any atom is -0.467 e. The van der Waals surface area contributed by atoms with E-state index < -0.39 is 17.7 Å². The van der Waals surface area contributed by atoms with Crippen molar-refractivity contribution < 1.29 is 19.1 Å². The first-order valence-corrected chi connectivity index (χ1v) is 9.64. The number of carbonyl (C=O) groups is 2. The average Bonchev–Trinajstić information content (AvgIpc) is 2.89. The van der Waals surface area contributed by atoms with Crippen LogP contribution in [-0.4, -0.2) is 59.7 Å². The molecule has 6 nitrogen and oxygen atoms in total. The predicted octanol–water partition coefficient (Wildman–Crippen LogP) is 3.06. The number of piperidine rings is 1. The van der Waals surface area contributed by atoms with Gasteiger partial charge in [-0.1, -0.05) is 30.3 Å². The molecule has 3 heterocycles. The molecule has 3 aliphatic rings. The van der Waals surface area contributed by atoms with Gasteiger partial charge in [-0.2, -0.15) is 0 Å². The van der Waals surface area contributed by atoms with Gasteiger partial charge in [0.25, 0.3) is 0 Å². The lowest BCUT2D eigenvalue weighted by atomic mass is 9.91. The van der Waals surface area contributed by atoms with E-state index in [9.17, 15) is 9.59 Å². The lowest BCUT2D eigenvalue weighted by Crippen LogP contribution is -2.56. The number of amides is 1. The molecule has 3 atom stereocenters. The highest BCUT2D eigenvalue weighted by molar-refractivity contribution is 5.82. The molecule has 0 N–H and O–H groups in total. The fourth-order valence-corrected chi connectivity index (χ4v) is 4.17. The van der Waals surface area contributed by atoms with E-state index in [1.807, 2.05) is 39.0 Å². The summed E-state index contributed by atoms with van der Waals surface area (Å²) in [6.45, 7) is 7.67. The maximum absolute atomic E-state index is 12.9. The Bertz CT molecular complexity index is 671. The monoisotopic (exact) mass is 374 g/mol. The van der Waals surface area contributed by atoms with Crippen molar-refractivity contribution in [3.8, 4) is 0 Å². The van der Waals surface area contributed by atoms with Crippen LogP contribution in [-0.2, 0) is 20.8 Å². The number of ether oxygens (including phenoxy) is 2. The van der Waals surface area contributed by atoms with Gasteiger partial charge in [-0.3, -0.25) is 9.80 Å². The van der Waals surface area contributed by atoms with E-state index in [0.29, 0.717) is 12.5 Å². The van der Waals surface area contributed by atoms with Crippen LogP contribution in [0.15, 0.2) is 30.3 Å². The Hall–Kier alpha value is -2.08. The highest BCUT2D eigenvalue weighted by Gasteiger charge is 2.48. The molecule has 0 unspecified atom stereocenters. The van der Waals surface area contributed by atoms with Crippen molar-refractivity contribution in [2.75, 3.05) is 20.2 Å². The summed E-state index contributed by atoms with van der Waals surface area (Å²) in [6.07, 6.45) is 1.44. The lowest BCUT2D eigenvalue weighted by molar-refractivity contribution is -0.149. The number of hydrogen-bond donors (Lipinski definition) is 0. The number of carbonyl (C=O) groups excluding carboxylic acids is 2. The molecule has 148 valence electrons. The second-order valence-corrected chi connectivity index (χ2v) is 8.53. The van der Waals surface area contributed by atoms with Gasteiger partial charge < -0.3 is 9.47 Å². The van der Waals surface area contributed by atoms with Crippen LogP contribution in [0.4, 0.5) is 4.79 Å². The molecule has 27 heavy (non-hydrogen) atoms. The highest BCUT2D eigenvalue weighted by Crippen LogP contribution is 2.34. The zero-order valence-electron chi connectivity index (χ0n) is 16.7. The zero-order chi connectivity index (χ0) is 19.6. The van der Waals surface area contributed by atoms with Crippen molar-refractivity contribution in [1.29, 1.82) is 0 Å². The van der Waals surface area contributed by atoms with Crippen molar-refractivity contribution in [2.24, 2.45) is 5.92 Å². The minimum absolute atomic E-state index is 0.0658. The second kappa shape index (κ2) is 7.89. The summed E-state index contributed by atoms with van der Waals surface area (Å²) < 4.78 is 10.7. The Morgan fingerprint density at radius 3 is 2.44 bits per heavy atom. The quantitative estimate of drug-likeness (QED) is 0.761. The van der Waals surface area contributed by atoms with Gasteiger partial charge in [0, 0.05) is 25.7 Å². The predicted molar refractivity (Wildman–Crippen MR) is 102 cm³/mol. The van der Waals surface area contributed by atoms with E-state index in [1.54, 1.807) is 4.90 Å². The van der Waals surface area contributed by atoms with Crippen LogP contribution in [0.3, 0.4) is 0 Å². The third-order valence-corrected chi connectivity index (χ3v) is 5.29. The van der Waals surface area contributed by atoms with Gasteiger partial charge in [-0.05, 0) is 45.1 Å². The van der Waals surface area contributed by atoms with E-state index in [-0.39, 0.29) is 12.0 Å². The largest absolute Gasteiger partial charge is 0.467 e. The average molecular weight is 374 g/mol. The molecule has 6 heteroatoms. The minimum atomic E-state index is -0.638. The number of methoxy groups -OCH3 is 1. The van der Waals surface area contributed by atoms with Crippen molar-refractivity contribution >= 4 is 12.1 Å². The van der Waals surface area contributed by atoms with Gasteiger partial charge in [-0.25, -0.2) is 9.59 Å². The van der Waals surface area contributed by atoms with E-state index in [0.717, 1.165) is 25.9 Å². The summed E-state index contributed by atoms with van der Waals surface area (Å²) in [4.78, 5) is 29.5. The van der Waals surface area contributed by atoms with Crippen molar-refractivity contribution in [2.45, 2.75) is 57.8 Å². The molecule has 3 fully saturated rings. The highest BCUT2D eigenvalue weighted by atomic mass is 16.6. The molecule has 0 aromatic heterocycles. The molecule has 0 aliphatic carbocycles. The SMILES string of the molecule is COC(=O)[C@H]1[C@@H]2CC[C@@H](CN2Cc2ccccc2)CN1C(=O)OC(C)(C)C. The molecule has 3 aliphatic heterocycles. The number of esters is 1. The fourth-order valence-electron chi connectivity index (χ4n) is 4.17. The third-order valence-electron chi connectivity index (χ3n) is 5.29. The molecular weight excluding hydrogens is 344 g/mol. The molecule has 0 radical (unpaired) electrons. The maximum atomic E-state index is 12.9. The summed E-state index contributed by atoms with van der Waals surface area (Å²) >= 11 is 0. The first-order valence-electron chi connectivity index (χ1n) is 9.64. The Kier molecular flexibility index (Phi) is 5.75. The van der Waals surface area contributed by atoms with Crippen molar-refractivity contribution in [1.82, 2.24) is 9.80 Å². The summed E-state index contributed by atoms with van der Waals surface area (Å²) in [7, 11) is 1.38. The number of rotatable bonds is 3. The van der Waals surface area contributed by atoms with Gasteiger partial charge >= 0.3 is 12.1 Å². The molecule has 1 aromatic rings. The van der Waals surface area contributed by atoms with Gasteiger partial charge in [0.15, 0.2) is 0 Å². The first-order chi connectivity index (χ1) is 12.8. The molecule has 2 bridgehead atoms. The first kappa shape index (κ1) is 19.7. The Morgan fingerprint density at radius 1 is 1.11 bits per heavy atom. The van der Waals surface area contributed by atoms with Crippen LogP contribution in [0, 0.1) is 5.92 Å². The summed E-state index contributed by atoms with van der Waals surface area (Å²) in [6, 6.07) is 9.53. The molecule has 1 amide bonds. The van der Waals surface area contributed by atoms with Crippen LogP contribution in [0.1, 0.15) is 39.2 Å². The number of hydrogen-bond acceptors (Lipinski definition) is 5. The van der Waals surface area contributed by atoms with Gasteiger partial charge in [0.05, 0.1) is 7.11 Å². The van der Waals surface area contributed by atoms with Gasteiger partial charge in [0.1, 0.15) is 11.6 Å². The Morgan fingerprint density at radius 2 is 1.81 bits per heavy atom. The van der Waals surface area contributed by atoms with Crippen LogP contribution in [0.5, 0.6) is 0 Å². The lowest BCUT2D eigenvalue weighted by Gasteiger charge is -2.39. The van der Waals surface area contributed by atoms with Gasteiger partial charge in [0.2, 0.25) is 0 Å². The Labute approximate surface area is 161 Å². The smallest absolute Gasteiger partial charge is 0.411 e. The molecule has 1 aromatic carbocycles. The second-order valence-electron chi connectivity index (χ2n) is 8.53. The van der Waals surface area contributed by atoms with Crippen LogP contribution in [0.2, 0.25) is 0 Å². The number of benzene rings is 1. The van der Waals surface area contributed by atoms with E-state index in [1.165, 1.54) is 12.7 Å². The number of fused-ring (bicyclic) bond motifs is 4. The van der Waals surface area contributed by atoms with Crippen molar-refractivity contribution in [3.63, 3.8) is 0 Å². The molecule has 3 saturated heterocycles. The van der Waals surface area contributed by atoms with Crippen LogP contribution < -0.4 is 0 Å². The van der Waals surface area contributed by atoms with Gasteiger partial charge in [-0.15, -0.1) is 0 Å². The summed E-state index contributed by atoms with van der Waals surface area (Å²) in [5, 5.41) is 0. The molecule has 0 saturated carbocycles. The van der Waals surface area contributed by atoms with E-state index in [2.05, 4.69) is 17.0 Å². The summed E-state index contributed by atoms with van der Waals surface area (Å²) in [5.74, 6) is -0.0430. The third kappa shape index (κ3) is 4.61. The number of nitrogens with zero attached hydrogens (tertiary/aromatic N) is 2. The maximum Gasteiger partial charge on any atom is 0.411 e. The molecule has 0 spiro atoms. The Balaban J connectivity index is 1.87.